The van der Waals surface area contributed by atoms with E-state index in [1.165, 1.54) is 22.5 Å². The number of anilines is 1. The molecule has 0 spiro atoms. The van der Waals surface area contributed by atoms with Crippen LogP contribution in [0.2, 0.25) is 0 Å². The van der Waals surface area contributed by atoms with Crippen molar-refractivity contribution in [1.82, 2.24) is 14.2 Å². The molecule has 8 nitrogen and oxygen atoms in total. The Morgan fingerprint density at radius 2 is 1.56 bits per heavy atom. The van der Waals surface area contributed by atoms with Gasteiger partial charge in [-0.1, -0.05) is 26.0 Å². The van der Waals surface area contributed by atoms with Gasteiger partial charge in [-0.25, -0.2) is 8.42 Å². The van der Waals surface area contributed by atoms with Gasteiger partial charge in [0.1, 0.15) is 0 Å². The first-order valence-corrected chi connectivity index (χ1v) is 12.8. The first-order valence-electron chi connectivity index (χ1n) is 11.3. The minimum absolute atomic E-state index is 0.0899. The number of aromatic amines is 1. The van der Waals surface area contributed by atoms with Crippen LogP contribution in [0.25, 0.3) is 10.9 Å². The second-order valence-electron chi connectivity index (χ2n) is 8.22. The van der Waals surface area contributed by atoms with Crippen LogP contribution in [-0.4, -0.2) is 62.2 Å². The molecule has 0 aliphatic heterocycles. The Labute approximate surface area is 200 Å². The van der Waals surface area contributed by atoms with Crippen molar-refractivity contribution in [3.05, 3.63) is 70.0 Å². The number of nitrogens with one attached hydrogen (secondary N) is 1. The summed E-state index contributed by atoms with van der Waals surface area (Å²) in [4.78, 5) is 32.3. The van der Waals surface area contributed by atoms with Gasteiger partial charge < -0.3 is 14.8 Å². The van der Waals surface area contributed by atoms with E-state index in [4.69, 9.17) is 0 Å². The number of carbonyl (C=O) groups excluding carboxylic acids is 1. The van der Waals surface area contributed by atoms with E-state index in [9.17, 15) is 18.0 Å². The Morgan fingerprint density at radius 1 is 0.912 bits per heavy atom. The lowest BCUT2D eigenvalue weighted by molar-refractivity contribution is 0.0754. The maximum absolute atomic E-state index is 13.5. The van der Waals surface area contributed by atoms with E-state index in [1.54, 1.807) is 24.8 Å². The third-order valence-electron chi connectivity index (χ3n) is 5.88. The Kier molecular flexibility index (Phi) is 7.78. The second kappa shape index (κ2) is 10.4. The summed E-state index contributed by atoms with van der Waals surface area (Å²) in [7, 11) is 0.206. The number of rotatable bonds is 9. The van der Waals surface area contributed by atoms with Gasteiger partial charge in [-0.3, -0.25) is 9.59 Å². The molecule has 1 aromatic heterocycles. The largest absolute Gasteiger partial charge is 0.378 e. The number of hydrogen-bond donors (Lipinski definition) is 1. The summed E-state index contributed by atoms with van der Waals surface area (Å²) in [5.41, 5.74) is 2.20. The highest BCUT2D eigenvalue weighted by Crippen LogP contribution is 2.24. The number of nitrogens with zero attached hydrogens (tertiary/aromatic N) is 3. The number of sulfonamides is 1. The molecule has 2 aromatic carbocycles. The van der Waals surface area contributed by atoms with Gasteiger partial charge in [0.2, 0.25) is 15.6 Å². The third-order valence-corrected chi connectivity index (χ3v) is 7.93. The number of fused-ring (bicyclic) bond motifs is 1. The Morgan fingerprint density at radius 3 is 2.12 bits per heavy atom. The predicted molar refractivity (Wildman–Crippen MR) is 136 cm³/mol. The summed E-state index contributed by atoms with van der Waals surface area (Å²) >= 11 is 0. The van der Waals surface area contributed by atoms with E-state index >= 15 is 0 Å². The van der Waals surface area contributed by atoms with E-state index in [-0.39, 0.29) is 16.4 Å². The van der Waals surface area contributed by atoms with Crippen LogP contribution < -0.4 is 10.5 Å². The third kappa shape index (κ3) is 5.15. The van der Waals surface area contributed by atoms with Crippen molar-refractivity contribution < 1.29 is 13.2 Å². The van der Waals surface area contributed by atoms with Crippen molar-refractivity contribution in [2.45, 2.75) is 32.2 Å². The van der Waals surface area contributed by atoms with Crippen LogP contribution in [0.3, 0.4) is 0 Å². The molecule has 0 radical (unpaired) electrons. The molecule has 3 rings (SSSR count). The van der Waals surface area contributed by atoms with Crippen molar-refractivity contribution in [2.75, 3.05) is 38.6 Å². The van der Waals surface area contributed by atoms with Crippen molar-refractivity contribution in [2.24, 2.45) is 0 Å². The Hall–Kier alpha value is -3.17. The van der Waals surface area contributed by atoms with E-state index in [1.807, 2.05) is 50.2 Å². The van der Waals surface area contributed by atoms with Crippen molar-refractivity contribution in [3.8, 4) is 0 Å². The van der Waals surface area contributed by atoms with Crippen LogP contribution in [-0.2, 0) is 16.6 Å². The van der Waals surface area contributed by atoms with Gasteiger partial charge >= 0.3 is 0 Å². The zero-order chi connectivity index (χ0) is 25.0. The Balaban J connectivity index is 2.04. The van der Waals surface area contributed by atoms with Crippen LogP contribution in [0.5, 0.6) is 0 Å². The number of pyridine rings is 1. The summed E-state index contributed by atoms with van der Waals surface area (Å²) in [6, 6.07) is 13.6. The summed E-state index contributed by atoms with van der Waals surface area (Å²) in [5.74, 6) is -0.326. The quantitative estimate of drug-likeness (QED) is 0.503. The molecular formula is C25H32N4O4S. The summed E-state index contributed by atoms with van der Waals surface area (Å²) in [6.07, 6.45) is 0. The van der Waals surface area contributed by atoms with Crippen LogP contribution >= 0.6 is 0 Å². The zero-order valence-corrected chi connectivity index (χ0v) is 21.1. The molecule has 0 unspecified atom stereocenters. The number of H-pyrrole nitrogens is 1. The molecule has 1 amide bonds. The SMILES string of the molecule is CCN(Cc1ccc(N(C)C)cc1)C(=O)c1cc(=O)[nH]c2ccc(S(=O)(=O)N(CC)CC)cc12. The van der Waals surface area contributed by atoms with Crippen molar-refractivity contribution in [1.29, 1.82) is 0 Å². The number of aromatic nitrogens is 1. The van der Waals surface area contributed by atoms with Crippen molar-refractivity contribution in [3.63, 3.8) is 0 Å². The smallest absolute Gasteiger partial charge is 0.255 e. The molecule has 0 fully saturated rings. The molecule has 1 N–H and O–H groups in total. The molecule has 0 atom stereocenters. The molecule has 1 heterocycles. The van der Waals surface area contributed by atoms with E-state index in [0.29, 0.717) is 37.1 Å². The molecule has 182 valence electrons. The maximum atomic E-state index is 13.5. The van der Waals surface area contributed by atoms with Gasteiger partial charge in [0, 0.05) is 62.9 Å². The lowest BCUT2D eigenvalue weighted by Crippen LogP contribution is -2.32. The number of benzene rings is 2. The number of amides is 1. The molecule has 0 aliphatic carbocycles. The highest BCUT2D eigenvalue weighted by Gasteiger charge is 2.24. The fourth-order valence-electron chi connectivity index (χ4n) is 3.90. The van der Waals surface area contributed by atoms with Crippen LogP contribution in [0.15, 0.2) is 58.2 Å². The van der Waals surface area contributed by atoms with Gasteiger partial charge in [-0.05, 0) is 42.8 Å². The maximum Gasteiger partial charge on any atom is 0.255 e. The van der Waals surface area contributed by atoms with Crippen LogP contribution in [0.4, 0.5) is 5.69 Å². The summed E-state index contributed by atoms with van der Waals surface area (Å²) in [6.45, 7) is 6.90. The van der Waals surface area contributed by atoms with Gasteiger partial charge in [-0.2, -0.15) is 4.31 Å². The van der Waals surface area contributed by atoms with Gasteiger partial charge in [0.25, 0.3) is 5.91 Å². The molecule has 34 heavy (non-hydrogen) atoms. The summed E-state index contributed by atoms with van der Waals surface area (Å²) < 4.78 is 27.5. The molecule has 9 heteroatoms. The molecule has 0 saturated carbocycles. The van der Waals surface area contributed by atoms with Crippen LogP contribution in [0.1, 0.15) is 36.7 Å². The standard InChI is InChI=1S/C25H32N4O4S/c1-6-28(17-18-9-11-19(12-10-18)27(4)5)25(31)22-16-24(30)26-23-14-13-20(15-21(22)23)34(32,33)29(7-2)8-3/h9-16H,6-8,17H2,1-5H3,(H,26,30). The monoisotopic (exact) mass is 484 g/mol. The molecular weight excluding hydrogens is 452 g/mol. The topological polar surface area (TPSA) is 93.8 Å². The zero-order valence-electron chi connectivity index (χ0n) is 20.3. The minimum atomic E-state index is -3.72. The van der Waals surface area contributed by atoms with E-state index in [0.717, 1.165) is 11.3 Å². The molecule has 3 aromatic rings. The van der Waals surface area contributed by atoms with Gasteiger partial charge in [0.15, 0.2) is 0 Å². The predicted octanol–water partition coefficient (Wildman–Crippen LogP) is 3.29. The average Bonchev–Trinajstić information content (AvgIpc) is 2.82. The highest BCUT2D eigenvalue weighted by molar-refractivity contribution is 7.89. The van der Waals surface area contributed by atoms with Gasteiger partial charge in [-0.15, -0.1) is 0 Å². The number of hydrogen-bond acceptors (Lipinski definition) is 5. The van der Waals surface area contributed by atoms with Gasteiger partial charge in [0.05, 0.1) is 10.5 Å². The normalized spacial score (nSPS) is 11.7. The molecule has 0 aliphatic rings. The number of carbonyl (C=O) groups is 1. The Bertz CT molecular complexity index is 1330. The minimum Gasteiger partial charge on any atom is -0.378 e. The molecule has 0 bridgehead atoms. The molecule has 0 saturated heterocycles. The summed E-state index contributed by atoms with van der Waals surface area (Å²) in [5, 5.41) is 0.402. The van der Waals surface area contributed by atoms with Crippen LogP contribution in [0, 0.1) is 0 Å². The average molecular weight is 485 g/mol. The second-order valence-corrected chi connectivity index (χ2v) is 10.2. The fourth-order valence-corrected chi connectivity index (χ4v) is 5.39. The first kappa shape index (κ1) is 25.5. The fraction of sp³-hybridized carbons (Fsp3) is 0.360. The van der Waals surface area contributed by atoms with E-state index in [2.05, 4.69) is 4.98 Å². The highest BCUT2D eigenvalue weighted by atomic mass is 32.2. The first-order chi connectivity index (χ1) is 16.1. The lowest BCUT2D eigenvalue weighted by atomic mass is 10.1. The van der Waals surface area contributed by atoms with Crippen molar-refractivity contribution >= 4 is 32.5 Å². The van der Waals surface area contributed by atoms with E-state index < -0.39 is 15.6 Å². The lowest BCUT2D eigenvalue weighted by Gasteiger charge is -2.23.